The second kappa shape index (κ2) is 7.57. The van der Waals surface area contributed by atoms with Gasteiger partial charge >= 0.3 is 5.97 Å². The number of halogens is 1. The van der Waals surface area contributed by atoms with Gasteiger partial charge in [0, 0.05) is 10.2 Å². The minimum absolute atomic E-state index is 0.201. The second-order valence-electron chi connectivity index (χ2n) is 2.93. The zero-order valence-corrected chi connectivity index (χ0v) is 11.3. The Hall–Kier alpha value is -0.680. The van der Waals surface area contributed by atoms with Crippen LogP contribution in [0.2, 0.25) is 0 Å². The van der Waals surface area contributed by atoms with Crippen molar-refractivity contribution in [1.29, 1.82) is 0 Å². The number of ether oxygens (including phenoxy) is 2. The summed E-state index contributed by atoms with van der Waals surface area (Å²) in [7, 11) is 1.39. The molecule has 0 N–H and O–H groups in total. The summed E-state index contributed by atoms with van der Waals surface area (Å²) in [5, 5.41) is 0. The molecule has 0 spiro atoms. The molecular formula is C11H13BrO3S. The lowest BCUT2D eigenvalue weighted by Crippen LogP contribution is -2.06. The number of hydrogen-bond acceptors (Lipinski definition) is 4. The van der Waals surface area contributed by atoms with E-state index in [9.17, 15) is 4.79 Å². The zero-order valence-electron chi connectivity index (χ0n) is 8.94. The lowest BCUT2D eigenvalue weighted by molar-refractivity contribution is -0.137. The van der Waals surface area contributed by atoms with E-state index in [0.29, 0.717) is 12.4 Å². The molecule has 0 radical (unpaired) electrons. The Balaban J connectivity index is 2.14. The van der Waals surface area contributed by atoms with Crippen molar-refractivity contribution in [2.24, 2.45) is 0 Å². The first-order valence-electron chi connectivity index (χ1n) is 4.75. The van der Waals surface area contributed by atoms with Crippen LogP contribution >= 0.6 is 27.7 Å². The van der Waals surface area contributed by atoms with E-state index in [4.69, 9.17) is 4.74 Å². The lowest BCUT2D eigenvalue weighted by atomic mass is 10.3. The Morgan fingerprint density at radius 2 is 2.31 bits per heavy atom. The third kappa shape index (κ3) is 5.42. The normalized spacial score (nSPS) is 9.88. The van der Waals surface area contributed by atoms with Crippen molar-refractivity contribution < 1.29 is 14.3 Å². The summed E-state index contributed by atoms with van der Waals surface area (Å²) in [5.74, 6) is 1.76. The van der Waals surface area contributed by atoms with Crippen LogP contribution in [0.3, 0.4) is 0 Å². The fourth-order valence-corrected chi connectivity index (χ4v) is 2.00. The number of rotatable bonds is 6. The lowest BCUT2D eigenvalue weighted by Gasteiger charge is -2.05. The van der Waals surface area contributed by atoms with Gasteiger partial charge < -0.3 is 9.47 Å². The van der Waals surface area contributed by atoms with E-state index >= 15 is 0 Å². The van der Waals surface area contributed by atoms with Crippen molar-refractivity contribution >= 4 is 33.7 Å². The average Bonchev–Trinajstić information content (AvgIpc) is 2.28. The van der Waals surface area contributed by atoms with E-state index in [1.54, 1.807) is 0 Å². The molecule has 1 aromatic rings. The van der Waals surface area contributed by atoms with E-state index in [1.807, 2.05) is 24.3 Å². The van der Waals surface area contributed by atoms with Crippen LogP contribution in [-0.4, -0.2) is 31.2 Å². The van der Waals surface area contributed by atoms with Crippen LogP contribution in [0.15, 0.2) is 28.7 Å². The highest BCUT2D eigenvalue weighted by molar-refractivity contribution is 9.10. The molecule has 0 fully saturated rings. The van der Waals surface area contributed by atoms with Crippen molar-refractivity contribution in [3.8, 4) is 5.75 Å². The molecule has 3 nitrogen and oxygen atoms in total. The van der Waals surface area contributed by atoms with E-state index < -0.39 is 0 Å². The summed E-state index contributed by atoms with van der Waals surface area (Å²) in [5.41, 5.74) is 0. The first-order chi connectivity index (χ1) is 7.72. The van der Waals surface area contributed by atoms with Gasteiger partial charge in [0.25, 0.3) is 0 Å². The highest BCUT2D eigenvalue weighted by atomic mass is 79.9. The summed E-state index contributed by atoms with van der Waals surface area (Å²) in [6.45, 7) is 0.581. The predicted octanol–water partition coefficient (Wildman–Crippen LogP) is 2.73. The van der Waals surface area contributed by atoms with E-state index in [1.165, 1.54) is 18.9 Å². The maximum Gasteiger partial charge on any atom is 0.315 e. The Kier molecular flexibility index (Phi) is 6.33. The van der Waals surface area contributed by atoms with Crippen LogP contribution in [0.25, 0.3) is 0 Å². The van der Waals surface area contributed by atoms with Gasteiger partial charge in [0.1, 0.15) is 5.75 Å². The van der Waals surface area contributed by atoms with Crippen LogP contribution < -0.4 is 4.74 Å². The molecule has 0 heterocycles. The number of esters is 1. The first kappa shape index (κ1) is 13.4. The van der Waals surface area contributed by atoms with Crippen molar-refractivity contribution in [1.82, 2.24) is 0 Å². The summed E-state index contributed by atoms with van der Waals surface area (Å²) < 4.78 is 11.0. The first-order valence-corrected chi connectivity index (χ1v) is 6.70. The van der Waals surface area contributed by atoms with Crippen LogP contribution in [0, 0.1) is 0 Å². The maximum absolute atomic E-state index is 10.8. The third-order valence-corrected chi connectivity index (χ3v) is 3.13. The van der Waals surface area contributed by atoms with E-state index in [0.717, 1.165) is 16.0 Å². The SMILES string of the molecule is COC(=O)CSCCOc1cccc(Br)c1. The number of carbonyl (C=O) groups is 1. The van der Waals surface area contributed by atoms with Crippen molar-refractivity contribution in [2.45, 2.75) is 0 Å². The van der Waals surface area contributed by atoms with Gasteiger partial charge in [-0.05, 0) is 18.2 Å². The summed E-state index contributed by atoms with van der Waals surface area (Å²) in [6.07, 6.45) is 0. The minimum atomic E-state index is -0.201. The Morgan fingerprint density at radius 1 is 1.50 bits per heavy atom. The van der Waals surface area contributed by atoms with Crippen molar-refractivity contribution in [3.63, 3.8) is 0 Å². The molecule has 0 saturated carbocycles. The van der Waals surface area contributed by atoms with Crippen LogP contribution in [0.4, 0.5) is 0 Å². The molecule has 0 saturated heterocycles. The van der Waals surface area contributed by atoms with Crippen LogP contribution in [0.1, 0.15) is 0 Å². The molecule has 5 heteroatoms. The number of methoxy groups -OCH3 is 1. The highest BCUT2D eigenvalue weighted by Gasteiger charge is 2.00. The van der Waals surface area contributed by atoms with Gasteiger partial charge in [-0.1, -0.05) is 22.0 Å². The summed E-state index contributed by atoms with van der Waals surface area (Å²) in [6, 6.07) is 7.67. The fraction of sp³-hybridized carbons (Fsp3) is 0.364. The molecule has 1 aromatic carbocycles. The van der Waals surface area contributed by atoms with Gasteiger partial charge in [-0.15, -0.1) is 11.8 Å². The predicted molar refractivity (Wildman–Crippen MR) is 69.0 cm³/mol. The average molecular weight is 305 g/mol. The molecule has 0 bridgehead atoms. The van der Waals surface area contributed by atoms with E-state index in [2.05, 4.69) is 20.7 Å². The minimum Gasteiger partial charge on any atom is -0.493 e. The quantitative estimate of drug-likeness (QED) is 0.598. The van der Waals surface area contributed by atoms with Gasteiger partial charge in [-0.3, -0.25) is 4.79 Å². The molecule has 0 aliphatic carbocycles. The monoisotopic (exact) mass is 304 g/mol. The third-order valence-electron chi connectivity index (χ3n) is 1.74. The Morgan fingerprint density at radius 3 is 3.00 bits per heavy atom. The van der Waals surface area contributed by atoms with E-state index in [-0.39, 0.29) is 5.97 Å². The Labute approximate surface area is 108 Å². The van der Waals surface area contributed by atoms with Gasteiger partial charge in [0.15, 0.2) is 0 Å². The maximum atomic E-state index is 10.8. The summed E-state index contributed by atoms with van der Waals surface area (Å²) in [4.78, 5) is 10.8. The number of carbonyl (C=O) groups excluding carboxylic acids is 1. The highest BCUT2D eigenvalue weighted by Crippen LogP contribution is 2.17. The fourth-order valence-electron chi connectivity index (χ4n) is 0.990. The molecule has 16 heavy (non-hydrogen) atoms. The molecule has 0 aromatic heterocycles. The molecule has 0 aliphatic heterocycles. The smallest absolute Gasteiger partial charge is 0.315 e. The van der Waals surface area contributed by atoms with Gasteiger partial charge in [0.2, 0.25) is 0 Å². The van der Waals surface area contributed by atoms with Gasteiger partial charge in [0.05, 0.1) is 19.5 Å². The Bertz CT molecular complexity index is 344. The second-order valence-corrected chi connectivity index (χ2v) is 4.96. The zero-order chi connectivity index (χ0) is 11.8. The molecule has 1 rings (SSSR count). The van der Waals surface area contributed by atoms with Crippen LogP contribution in [0.5, 0.6) is 5.75 Å². The van der Waals surface area contributed by atoms with Crippen molar-refractivity contribution in [3.05, 3.63) is 28.7 Å². The number of thioether (sulfide) groups is 1. The molecule has 0 unspecified atom stereocenters. The largest absolute Gasteiger partial charge is 0.493 e. The molecular weight excluding hydrogens is 292 g/mol. The standard InChI is InChI=1S/C11H13BrO3S/c1-14-11(13)8-16-6-5-15-10-4-2-3-9(12)7-10/h2-4,7H,5-6,8H2,1H3. The van der Waals surface area contributed by atoms with Gasteiger partial charge in [-0.25, -0.2) is 0 Å². The topological polar surface area (TPSA) is 35.5 Å². The molecule has 0 amide bonds. The molecule has 0 aliphatic rings. The number of benzene rings is 1. The number of hydrogen-bond donors (Lipinski definition) is 0. The molecule has 0 atom stereocenters. The van der Waals surface area contributed by atoms with Crippen molar-refractivity contribution in [2.75, 3.05) is 25.2 Å². The summed E-state index contributed by atoms with van der Waals surface area (Å²) >= 11 is 4.86. The van der Waals surface area contributed by atoms with Gasteiger partial charge in [-0.2, -0.15) is 0 Å². The molecule has 88 valence electrons. The van der Waals surface area contributed by atoms with Crippen LogP contribution in [-0.2, 0) is 9.53 Å².